The number of rotatable bonds is 7. The van der Waals surface area contributed by atoms with Gasteiger partial charge >= 0.3 is 0 Å². The number of ketones is 1. The number of carbonyl (C=O) groups is 1. The molecule has 1 aromatic carbocycles. The van der Waals surface area contributed by atoms with Gasteiger partial charge in [-0.3, -0.25) is 4.79 Å². The van der Waals surface area contributed by atoms with Crippen LogP contribution in [0.3, 0.4) is 0 Å². The Balaban J connectivity index is 1.30. The summed E-state index contributed by atoms with van der Waals surface area (Å²) in [7, 11) is 0. The van der Waals surface area contributed by atoms with Gasteiger partial charge in [0.25, 0.3) is 0 Å². The Morgan fingerprint density at radius 3 is 2.89 bits per heavy atom. The van der Waals surface area contributed by atoms with Crippen molar-refractivity contribution in [2.45, 2.75) is 44.0 Å². The van der Waals surface area contributed by atoms with E-state index in [9.17, 15) is 9.90 Å². The molecule has 1 aromatic heterocycles. The van der Waals surface area contributed by atoms with Crippen LogP contribution in [0.15, 0.2) is 36.7 Å². The summed E-state index contributed by atoms with van der Waals surface area (Å²) in [6, 6.07) is 10.1. The van der Waals surface area contributed by atoms with Gasteiger partial charge in [-0.2, -0.15) is 0 Å². The molecule has 0 saturated carbocycles. The van der Waals surface area contributed by atoms with Gasteiger partial charge < -0.3 is 20.5 Å². The number of anilines is 1. The van der Waals surface area contributed by atoms with Crippen molar-refractivity contribution in [2.75, 3.05) is 18.5 Å². The summed E-state index contributed by atoms with van der Waals surface area (Å²) in [5.74, 6) is 0.549. The second-order valence-corrected chi connectivity index (χ2v) is 7.16. The number of fused-ring (bicyclic) bond motifs is 1. The van der Waals surface area contributed by atoms with Crippen LogP contribution in [-0.2, 0) is 17.7 Å². The lowest BCUT2D eigenvalue weighted by Crippen LogP contribution is -2.44. The second-order valence-electron chi connectivity index (χ2n) is 7.16. The van der Waals surface area contributed by atoms with Gasteiger partial charge in [0.05, 0.1) is 25.4 Å². The first-order valence-electron chi connectivity index (χ1n) is 9.37. The van der Waals surface area contributed by atoms with Gasteiger partial charge in [0, 0.05) is 25.1 Å². The van der Waals surface area contributed by atoms with Crippen LogP contribution in [0.25, 0.3) is 0 Å². The minimum absolute atomic E-state index is 0.0334. The van der Waals surface area contributed by atoms with E-state index >= 15 is 0 Å². The number of hydrogen-bond acceptors (Lipinski definition) is 7. The van der Waals surface area contributed by atoms with Crippen LogP contribution in [-0.4, -0.2) is 52.3 Å². The van der Waals surface area contributed by atoms with Crippen molar-refractivity contribution >= 4 is 11.6 Å². The molecule has 0 unspecified atom stereocenters. The maximum Gasteiger partial charge on any atom is 0.181 e. The van der Waals surface area contributed by atoms with Crippen molar-refractivity contribution in [1.29, 1.82) is 0 Å². The number of ether oxygens (including phenoxy) is 1. The van der Waals surface area contributed by atoms with E-state index in [0.717, 1.165) is 13.0 Å². The smallest absolute Gasteiger partial charge is 0.181 e. The summed E-state index contributed by atoms with van der Waals surface area (Å²) < 4.78 is 5.12. The molecule has 2 aliphatic rings. The molecule has 2 atom stereocenters. The van der Waals surface area contributed by atoms with Crippen molar-refractivity contribution in [2.24, 2.45) is 0 Å². The Kier molecular flexibility index (Phi) is 5.42. The molecule has 2 aliphatic heterocycles. The van der Waals surface area contributed by atoms with E-state index in [1.165, 1.54) is 17.5 Å². The van der Waals surface area contributed by atoms with Crippen LogP contribution in [0.5, 0.6) is 0 Å². The van der Waals surface area contributed by atoms with Gasteiger partial charge in [-0.05, 0) is 24.0 Å². The fourth-order valence-corrected chi connectivity index (χ4v) is 3.48. The van der Waals surface area contributed by atoms with E-state index in [0.29, 0.717) is 31.1 Å². The largest absolute Gasteiger partial charge is 0.391 e. The number of benzene rings is 1. The zero-order chi connectivity index (χ0) is 18.6. The second kappa shape index (κ2) is 8.12. The monoisotopic (exact) mass is 368 g/mol. The van der Waals surface area contributed by atoms with Crippen LogP contribution in [0, 0.1) is 0 Å². The minimum atomic E-state index is -0.575. The van der Waals surface area contributed by atoms with Gasteiger partial charge in [0.2, 0.25) is 0 Å². The Morgan fingerprint density at radius 1 is 1.30 bits per heavy atom. The minimum Gasteiger partial charge on any atom is -0.391 e. The predicted molar refractivity (Wildman–Crippen MR) is 101 cm³/mol. The Morgan fingerprint density at radius 2 is 2.11 bits per heavy atom. The summed E-state index contributed by atoms with van der Waals surface area (Å²) in [6.45, 7) is 2.05. The molecule has 27 heavy (non-hydrogen) atoms. The van der Waals surface area contributed by atoms with Crippen LogP contribution in [0.4, 0.5) is 5.82 Å². The molecule has 0 aliphatic carbocycles. The van der Waals surface area contributed by atoms with Crippen molar-refractivity contribution in [3.8, 4) is 0 Å². The molecule has 1 fully saturated rings. The number of aliphatic hydroxyl groups excluding tert-OH is 1. The van der Waals surface area contributed by atoms with Crippen LogP contribution in [0.2, 0.25) is 0 Å². The Labute approximate surface area is 158 Å². The quantitative estimate of drug-likeness (QED) is 0.635. The molecule has 0 amide bonds. The van der Waals surface area contributed by atoms with Crippen LogP contribution in [0.1, 0.15) is 34.5 Å². The zero-order valence-corrected chi connectivity index (χ0v) is 15.1. The molecule has 2 aromatic rings. The van der Waals surface area contributed by atoms with Crippen molar-refractivity contribution in [3.63, 3.8) is 0 Å². The normalized spacial score (nSPS) is 20.4. The third-order valence-electron chi connectivity index (χ3n) is 5.19. The van der Waals surface area contributed by atoms with Gasteiger partial charge in [0.15, 0.2) is 5.78 Å². The molecule has 3 heterocycles. The van der Waals surface area contributed by atoms with Gasteiger partial charge in [-0.25, -0.2) is 9.97 Å². The summed E-state index contributed by atoms with van der Waals surface area (Å²) in [6.07, 6.45) is 2.25. The first-order valence-corrected chi connectivity index (χ1v) is 9.37. The van der Waals surface area contributed by atoms with E-state index in [4.69, 9.17) is 4.74 Å². The average molecular weight is 368 g/mol. The number of nitrogens with zero attached hydrogens (tertiary/aromatic N) is 2. The number of Topliss-reactive ketones (excluding diaryl/α,β-unsaturated/α-hetero) is 1. The molecular weight excluding hydrogens is 344 g/mol. The number of carbonyl (C=O) groups excluding carboxylic acids is 1. The topological polar surface area (TPSA) is 96.4 Å². The fourth-order valence-electron chi connectivity index (χ4n) is 3.48. The highest BCUT2D eigenvalue weighted by atomic mass is 16.5. The highest BCUT2D eigenvalue weighted by Crippen LogP contribution is 2.20. The van der Waals surface area contributed by atoms with Crippen LogP contribution >= 0.6 is 0 Å². The first kappa shape index (κ1) is 18.0. The molecule has 4 rings (SSSR count). The summed E-state index contributed by atoms with van der Waals surface area (Å²) >= 11 is 0. The highest BCUT2D eigenvalue weighted by molar-refractivity contribution is 5.94. The molecule has 3 N–H and O–H groups in total. The van der Waals surface area contributed by atoms with Crippen molar-refractivity contribution in [3.05, 3.63) is 53.5 Å². The molecule has 1 saturated heterocycles. The molecule has 7 heteroatoms. The first-order chi connectivity index (χ1) is 13.2. The van der Waals surface area contributed by atoms with E-state index in [-0.39, 0.29) is 24.3 Å². The van der Waals surface area contributed by atoms with E-state index < -0.39 is 6.10 Å². The molecular formula is C20H24N4O3. The third kappa shape index (κ3) is 4.32. The highest BCUT2D eigenvalue weighted by Gasteiger charge is 2.25. The number of hydrogen-bond donors (Lipinski definition) is 3. The van der Waals surface area contributed by atoms with E-state index in [1.807, 2.05) is 12.1 Å². The molecule has 0 radical (unpaired) electrons. The SMILES string of the molecule is O=C(CC[C@@H](O)[C@@H]1Cc2ccccc2CN1)c1cc(NC2COC2)ncn1. The maximum atomic E-state index is 12.5. The van der Waals surface area contributed by atoms with Crippen molar-refractivity contribution in [1.82, 2.24) is 15.3 Å². The third-order valence-corrected chi connectivity index (χ3v) is 5.19. The van der Waals surface area contributed by atoms with Gasteiger partial charge in [-0.15, -0.1) is 0 Å². The van der Waals surface area contributed by atoms with E-state index in [1.54, 1.807) is 6.07 Å². The average Bonchev–Trinajstić information content (AvgIpc) is 2.68. The summed E-state index contributed by atoms with van der Waals surface area (Å²) in [4.78, 5) is 20.7. The van der Waals surface area contributed by atoms with Gasteiger partial charge in [-0.1, -0.05) is 24.3 Å². The van der Waals surface area contributed by atoms with Crippen molar-refractivity contribution < 1.29 is 14.6 Å². The van der Waals surface area contributed by atoms with Gasteiger partial charge in [0.1, 0.15) is 17.8 Å². The summed E-state index contributed by atoms with van der Waals surface area (Å²) in [5, 5.41) is 17.1. The maximum absolute atomic E-state index is 12.5. The molecule has 142 valence electrons. The number of aliphatic hydroxyl groups is 1. The van der Waals surface area contributed by atoms with E-state index in [2.05, 4.69) is 32.7 Å². The lowest BCUT2D eigenvalue weighted by molar-refractivity contribution is 0.0209. The lowest BCUT2D eigenvalue weighted by Gasteiger charge is -2.29. The summed E-state index contributed by atoms with van der Waals surface area (Å²) in [5.41, 5.74) is 2.91. The molecule has 0 spiro atoms. The predicted octanol–water partition coefficient (Wildman–Crippen LogP) is 1.33. The molecule has 7 nitrogen and oxygen atoms in total. The molecule has 0 bridgehead atoms. The lowest BCUT2D eigenvalue weighted by atomic mass is 9.91. The fraction of sp³-hybridized carbons (Fsp3) is 0.450. The standard InChI is InChI=1S/C20H24N4O3/c25-18(16-7-13-3-1-2-4-14(13)9-21-16)5-6-19(26)17-8-20(23-12-22-17)24-15-10-27-11-15/h1-4,8,12,15-16,18,21,25H,5-7,9-11H2,(H,22,23,24)/t16-,18+/m0/s1. The number of nitrogens with one attached hydrogen (secondary N) is 2. The zero-order valence-electron chi connectivity index (χ0n) is 15.1. The Bertz CT molecular complexity index is 809. The number of aromatic nitrogens is 2. The Hall–Kier alpha value is -2.35. The van der Waals surface area contributed by atoms with Crippen LogP contribution < -0.4 is 10.6 Å².